The summed E-state index contributed by atoms with van der Waals surface area (Å²) >= 11 is 0. The molecule has 33 heavy (non-hydrogen) atoms. The third-order valence-corrected chi connectivity index (χ3v) is 5.74. The predicted molar refractivity (Wildman–Crippen MR) is 128 cm³/mol. The molecular formula is C26H38N2O5. The van der Waals surface area contributed by atoms with Crippen LogP contribution in [0.1, 0.15) is 59.1 Å². The monoisotopic (exact) mass is 458 g/mol. The number of rotatable bonds is 6. The molecule has 7 nitrogen and oxygen atoms in total. The van der Waals surface area contributed by atoms with Crippen molar-refractivity contribution in [2.45, 2.75) is 72.0 Å². The summed E-state index contributed by atoms with van der Waals surface area (Å²) in [4.78, 5) is 27.5. The van der Waals surface area contributed by atoms with Gasteiger partial charge in [-0.2, -0.15) is 0 Å². The number of ether oxygens (including phenoxy) is 2. The van der Waals surface area contributed by atoms with Gasteiger partial charge in [0.25, 0.3) is 0 Å². The smallest absolute Gasteiger partial charge is 0.410 e. The number of likely N-dealkylation sites (tertiary alicyclic amines) is 1. The van der Waals surface area contributed by atoms with Gasteiger partial charge in [-0.25, -0.2) is 4.79 Å². The molecular weight excluding hydrogens is 420 g/mol. The van der Waals surface area contributed by atoms with Crippen LogP contribution in [-0.4, -0.2) is 47.8 Å². The van der Waals surface area contributed by atoms with Gasteiger partial charge in [-0.1, -0.05) is 6.07 Å². The third-order valence-electron chi connectivity index (χ3n) is 5.74. The van der Waals surface area contributed by atoms with E-state index in [2.05, 4.69) is 6.07 Å². The van der Waals surface area contributed by atoms with Gasteiger partial charge in [0.15, 0.2) is 0 Å². The largest absolute Gasteiger partial charge is 0.464 e. The molecule has 3 rings (SSSR count). The second-order valence-corrected chi connectivity index (χ2v) is 10.9. The van der Waals surface area contributed by atoms with Crippen LogP contribution >= 0.6 is 0 Å². The first kappa shape index (κ1) is 25.1. The maximum absolute atomic E-state index is 13.2. The summed E-state index contributed by atoms with van der Waals surface area (Å²) in [6.07, 6.45) is 3.42. The van der Waals surface area contributed by atoms with Crippen molar-refractivity contribution in [2.75, 3.05) is 19.6 Å². The summed E-state index contributed by atoms with van der Waals surface area (Å²) in [5.41, 5.74) is 7.52. The van der Waals surface area contributed by atoms with Crippen LogP contribution in [0.2, 0.25) is 0 Å². The zero-order valence-corrected chi connectivity index (χ0v) is 20.8. The van der Waals surface area contributed by atoms with Crippen LogP contribution in [-0.2, 0) is 27.1 Å². The Morgan fingerprint density at radius 2 is 1.85 bits per heavy atom. The molecule has 0 radical (unpaired) electrons. The maximum atomic E-state index is 13.2. The van der Waals surface area contributed by atoms with Crippen LogP contribution in [0.25, 0.3) is 11.0 Å². The third kappa shape index (κ3) is 6.73. The first-order valence-electron chi connectivity index (χ1n) is 11.8. The highest BCUT2D eigenvalue weighted by Crippen LogP contribution is 2.32. The van der Waals surface area contributed by atoms with Crippen molar-refractivity contribution in [1.82, 2.24) is 4.90 Å². The molecule has 1 aliphatic rings. The highest BCUT2D eigenvalue weighted by Gasteiger charge is 2.39. The Balaban J connectivity index is 1.82. The van der Waals surface area contributed by atoms with E-state index < -0.39 is 11.2 Å². The van der Waals surface area contributed by atoms with Crippen molar-refractivity contribution in [3.05, 3.63) is 35.6 Å². The second kappa shape index (κ2) is 9.75. The number of hydrogen-bond acceptors (Lipinski definition) is 6. The molecule has 0 bridgehead atoms. The minimum absolute atomic E-state index is 0.00377. The van der Waals surface area contributed by atoms with Crippen molar-refractivity contribution < 1.29 is 23.5 Å². The molecule has 1 fully saturated rings. The summed E-state index contributed by atoms with van der Waals surface area (Å²) in [5.74, 6) is -0.595. The number of nitrogens with zero attached hydrogens (tertiary/aromatic N) is 1. The molecule has 1 saturated heterocycles. The van der Waals surface area contributed by atoms with E-state index in [9.17, 15) is 9.59 Å². The Hall–Kier alpha value is -2.54. The molecule has 2 atom stereocenters. The number of fused-ring (bicyclic) bond motifs is 1. The molecule has 0 aliphatic carbocycles. The van der Waals surface area contributed by atoms with Crippen LogP contribution in [0, 0.1) is 11.8 Å². The van der Waals surface area contributed by atoms with E-state index in [1.165, 1.54) is 0 Å². The van der Waals surface area contributed by atoms with Gasteiger partial charge in [-0.15, -0.1) is 0 Å². The van der Waals surface area contributed by atoms with E-state index in [1.54, 1.807) is 11.2 Å². The number of carbonyl (C=O) groups is 2. The van der Waals surface area contributed by atoms with Gasteiger partial charge in [0.05, 0.1) is 12.2 Å². The number of benzene rings is 1. The first-order valence-corrected chi connectivity index (χ1v) is 11.8. The molecule has 2 aromatic rings. The van der Waals surface area contributed by atoms with E-state index in [-0.39, 0.29) is 23.9 Å². The van der Waals surface area contributed by atoms with Crippen LogP contribution in [0.15, 0.2) is 28.9 Å². The number of nitrogens with two attached hydrogens (primary N) is 1. The second-order valence-electron chi connectivity index (χ2n) is 10.9. The van der Waals surface area contributed by atoms with Gasteiger partial charge in [-0.3, -0.25) is 4.79 Å². The average molecular weight is 459 g/mol. The van der Waals surface area contributed by atoms with Crippen molar-refractivity contribution in [3.8, 4) is 0 Å². The Morgan fingerprint density at radius 3 is 2.48 bits per heavy atom. The molecule has 0 unspecified atom stereocenters. The van der Waals surface area contributed by atoms with Crippen molar-refractivity contribution in [3.63, 3.8) is 0 Å². The molecule has 182 valence electrons. The number of esters is 1. The molecule has 0 spiro atoms. The fourth-order valence-electron chi connectivity index (χ4n) is 4.29. The molecule has 1 aromatic carbocycles. The Kier molecular flexibility index (Phi) is 7.42. The summed E-state index contributed by atoms with van der Waals surface area (Å²) in [5, 5.41) is 1.03. The van der Waals surface area contributed by atoms with Gasteiger partial charge in [0.2, 0.25) is 0 Å². The number of carbonyl (C=O) groups excluding carboxylic acids is 2. The van der Waals surface area contributed by atoms with E-state index in [0.717, 1.165) is 34.9 Å². The topological polar surface area (TPSA) is 95.0 Å². The fraction of sp³-hybridized carbons (Fsp3) is 0.615. The standard InChI is InChI=1S/C26H38N2O5/c1-25(2,3)32-23(29)21(18-10-12-28(15-18)24(30)33-26(4,5)6)14-17-7-8-22-20(13-17)19(9-11-27)16-31-22/h7-8,13,16,18,21H,9-12,14-15,27H2,1-6H3/t18-,21-/m0/s1. The molecule has 0 saturated carbocycles. The van der Waals surface area contributed by atoms with E-state index >= 15 is 0 Å². The summed E-state index contributed by atoms with van der Waals surface area (Å²) < 4.78 is 17.0. The van der Waals surface area contributed by atoms with Gasteiger partial charge in [-0.05, 0) is 96.5 Å². The van der Waals surface area contributed by atoms with Crippen molar-refractivity contribution >= 4 is 23.0 Å². The van der Waals surface area contributed by atoms with E-state index in [4.69, 9.17) is 19.6 Å². The first-order chi connectivity index (χ1) is 15.4. The van der Waals surface area contributed by atoms with Crippen LogP contribution in [0.4, 0.5) is 4.79 Å². The van der Waals surface area contributed by atoms with Crippen LogP contribution in [0.5, 0.6) is 0 Å². The fourth-order valence-corrected chi connectivity index (χ4v) is 4.29. The number of hydrogen-bond donors (Lipinski definition) is 1. The zero-order chi connectivity index (χ0) is 24.4. The molecule has 2 heterocycles. The van der Waals surface area contributed by atoms with E-state index in [1.807, 2.05) is 53.7 Å². The maximum Gasteiger partial charge on any atom is 0.410 e. The summed E-state index contributed by atoms with van der Waals surface area (Å²) in [6, 6.07) is 6.02. The van der Waals surface area contributed by atoms with Gasteiger partial charge in [0, 0.05) is 18.5 Å². The van der Waals surface area contributed by atoms with Gasteiger partial charge in [0.1, 0.15) is 16.8 Å². The summed E-state index contributed by atoms with van der Waals surface area (Å²) in [7, 11) is 0. The minimum atomic E-state index is -0.582. The molecule has 2 N–H and O–H groups in total. The van der Waals surface area contributed by atoms with Crippen LogP contribution in [0.3, 0.4) is 0 Å². The lowest BCUT2D eigenvalue weighted by Gasteiger charge is -2.28. The van der Waals surface area contributed by atoms with Gasteiger partial charge >= 0.3 is 12.1 Å². The minimum Gasteiger partial charge on any atom is -0.464 e. The average Bonchev–Trinajstić information content (AvgIpc) is 3.31. The van der Waals surface area contributed by atoms with E-state index in [0.29, 0.717) is 26.1 Å². The summed E-state index contributed by atoms with van der Waals surface area (Å²) in [6.45, 7) is 12.8. The lowest BCUT2D eigenvalue weighted by Crippen LogP contribution is -2.38. The molecule has 1 aromatic heterocycles. The quantitative estimate of drug-likeness (QED) is 0.631. The normalized spacial score (nSPS) is 17.9. The highest BCUT2D eigenvalue weighted by atomic mass is 16.6. The molecule has 1 amide bonds. The lowest BCUT2D eigenvalue weighted by atomic mass is 9.85. The number of amides is 1. The van der Waals surface area contributed by atoms with Gasteiger partial charge < -0.3 is 24.5 Å². The Bertz CT molecular complexity index is 983. The predicted octanol–water partition coefficient (Wildman–Crippen LogP) is 4.69. The zero-order valence-electron chi connectivity index (χ0n) is 20.8. The Labute approximate surface area is 196 Å². The molecule has 7 heteroatoms. The Morgan fingerprint density at radius 1 is 1.15 bits per heavy atom. The SMILES string of the molecule is CC(C)(C)OC(=O)[C@@H](Cc1ccc2occ(CCN)c2c1)[C@H]1CCN(C(=O)OC(C)(C)C)C1. The molecule has 1 aliphatic heterocycles. The van der Waals surface area contributed by atoms with Crippen molar-refractivity contribution in [2.24, 2.45) is 17.6 Å². The van der Waals surface area contributed by atoms with Crippen molar-refractivity contribution in [1.29, 1.82) is 0 Å². The van der Waals surface area contributed by atoms with Crippen LogP contribution < -0.4 is 5.73 Å². The highest BCUT2D eigenvalue weighted by molar-refractivity contribution is 5.82. The number of furan rings is 1. The lowest BCUT2D eigenvalue weighted by molar-refractivity contribution is -0.161.